The minimum atomic E-state index is 0.210. The number of carbonyl (C=O) groups is 1. The molecule has 1 aromatic rings. The Morgan fingerprint density at radius 2 is 1.87 bits per heavy atom. The van der Waals surface area contributed by atoms with Gasteiger partial charge in [-0.25, -0.2) is 0 Å². The average Bonchev–Trinajstić information content (AvgIpc) is 2.29. The molecule has 1 rings (SSSR count). The summed E-state index contributed by atoms with van der Waals surface area (Å²) in [5.41, 5.74) is 0.671. The second-order valence-corrected chi connectivity index (χ2v) is 2.71. The third-order valence-corrected chi connectivity index (χ3v) is 1.83. The van der Waals surface area contributed by atoms with Gasteiger partial charge in [-0.3, -0.25) is 0 Å². The van der Waals surface area contributed by atoms with Crippen molar-refractivity contribution in [2.45, 2.75) is 6.42 Å². The van der Waals surface area contributed by atoms with Crippen molar-refractivity contribution in [3.63, 3.8) is 0 Å². The molecule has 0 saturated carbocycles. The molecule has 0 aliphatic heterocycles. The second-order valence-electron chi connectivity index (χ2n) is 2.71. The molecule has 3 heteroatoms. The molecule has 0 heterocycles. The molecule has 0 atom stereocenters. The van der Waals surface area contributed by atoms with Crippen molar-refractivity contribution in [1.29, 1.82) is 0 Å². The van der Waals surface area contributed by atoms with Gasteiger partial charge in [-0.15, -0.1) is 0 Å². The van der Waals surface area contributed by atoms with Crippen LogP contribution in [0.15, 0.2) is 18.2 Å². The van der Waals surface area contributed by atoms with Gasteiger partial charge in [0.15, 0.2) is 0 Å². The van der Waals surface area contributed by atoms with E-state index in [1.807, 2.05) is 6.07 Å². The highest BCUT2D eigenvalue weighted by atomic mass is 16.5. The number of carbonyl (C=O) groups excluding carboxylic acids is 1. The van der Waals surface area contributed by atoms with Gasteiger partial charge in [0.1, 0.15) is 23.3 Å². The fourth-order valence-corrected chi connectivity index (χ4v) is 1.16. The number of benzene rings is 1. The van der Waals surface area contributed by atoms with Crippen LogP contribution in [0.5, 0.6) is 11.5 Å². The van der Waals surface area contributed by atoms with E-state index in [1.54, 1.807) is 26.4 Å². The lowest BCUT2D eigenvalue weighted by molar-refractivity contribution is -0.107. The Morgan fingerprint density at radius 1 is 1.27 bits per heavy atom. The number of ether oxygens (including phenoxy) is 2. The van der Waals surface area contributed by atoms with E-state index in [9.17, 15) is 4.79 Å². The van der Waals surface area contributed by atoms with E-state index in [0.717, 1.165) is 6.29 Å². The molecule has 0 bridgehead atoms. The molecule has 0 spiro atoms. The third-order valence-electron chi connectivity index (χ3n) is 1.83. The quantitative estimate of drug-likeness (QED) is 0.554. The van der Waals surface area contributed by atoms with Crippen molar-refractivity contribution in [2.24, 2.45) is 0 Å². The van der Waals surface area contributed by atoms with Crippen molar-refractivity contribution in [3.8, 4) is 23.3 Å². The minimum Gasteiger partial charge on any atom is -0.495 e. The average molecular weight is 204 g/mol. The summed E-state index contributed by atoms with van der Waals surface area (Å²) >= 11 is 0. The zero-order chi connectivity index (χ0) is 11.1. The first-order chi connectivity index (χ1) is 7.33. The van der Waals surface area contributed by atoms with Crippen LogP contribution in [0.1, 0.15) is 12.0 Å². The maximum atomic E-state index is 10.1. The van der Waals surface area contributed by atoms with Gasteiger partial charge < -0.3 is 14.3 Å². The molecule has 78 valence electrons. The van der Waals surface area contributed by atoms with Crippen LogP contribution in [0.25, 0.3) is 0 Å². The fraction of sp³-hybridized carbons (Fsp3) is 0.250. The summed E-state index contributed by atoms with van der Waals surface area (Å²) in [6.45, 7) is 0. The number of hydrogen-bond acceptors (Lipinski definition) is 3. The van der Waals surface area contributed by atoms with Crippen molar-refractivity contribution in [2.75, 3.05) is 14.2 Å². The highest BCUT2D eigenvalue weighted by molar-refractivity contribution is 5.59. The Morgan fingerprint density at radius 3 is 2.33 bits per heavy atom. The minimum absolute atomic E-state index is 0.210. The Bertz CT molecular complexity index is 377. The Kier molecular flexibility index (Phi) is 4.24. The SMILES string of the molecule is COc1cccc(OC)c1C#CCC=O. The van der Waals surface area contributed by atoms with Gasteiger partial charge in [-0.2, -0.15) is 0 Å². The van der Waals surface area contributed by atoms with Crippen LogP contribution in [0, 0.1) is 11.8 Å². The maximum absolute atomic E-state index is 10.1. The van der Waals surface area contributed by atoms with Crippen LogP contribution in [-0.4, -0.2) is 20.5 Å². The van der Waals surface area contributed by atoms with E-state index in [-0.39, 0.29) is 6.42 Å². The summed E-state index contributed by atoms with van der Waals surface area (Å²) in [5.74, 6) is 6.87. The van der Waals surface area contributed by atoms with E-state index in [0.29, 0.717) is 17.1 Å². The molecule has 0 saturated heterocycles. The molecule has 0 radical (unpaired) electrons. The van der Waals surface area contributed by atoms with Crippen LogP contribution in [-0.2, 0) is 4.79 Å². The van der Waals surface area contributed by atoms with Crippen LogP contribution in [0.3, 0.4) is 0 Å². The molecular weight excluding hydrogens is 192 g/mol. The van der Waals surface area contributed by atoms with E-state index in [2.05, 4.69) is 11.8 Å². The van der Waals surface area contributed by atoms with Crippen molar-refractivity contribution < 1.29 is 14.3 Å². The molecular formula is C12H12O3. The fourth-order valence-electron chi connectivity index (χ4n) is 1.16. The Hall–Kier alpha value is -1.95. The number of rotatable bonds is 3. The predicted octanol–water partition coefficient (Wildman–Crippen LogP) is 1.64. The second kappa shape index (κ2) is 5.71. The zero-order valence-corrected chi connectivity index (χ0v) is 8.74. The lowest BCUT2D eigenvalue weighted by Crippen LogP contribution is -1.92. The zero-order valence-electron chi connectivity index (χ0n) is 8.74. The highest BCUT2D eigenvalue weighted by Crippen LogP contribution is 2.26. The van der Waals surface area contributed by atoms with Crippen LogP contribution in [0.2, 0.25) is 0 Å². The van der Waals surface area contributed by atoms with Gasteiger partial charge in [-0.05, 0) is 12.1 Å². The highest BCUT2D eigenvalue weighted by Gasteiger charge is 2.05. The maximum Gasteiger partial charge on any atom is 0.138 e. The van der Waals surface area contributed by atoms with Gasteiger partial charge in [-0.1, -0.05) is 17.9 Å². The van der Waals surface area contributed by atoms with Gasteiger partial charge in [0.25, 0.3) is 0 Å². The number of hydrogen-bond donors (Lipinski definition) is 0. The van der Waals surface area contributed by atoms with Gasteiger partial charge in [0.2, 0.25) is 0 Å². The summed E-state index contributed by atoms with van der Waals surface area (Å²) in [6.07, 6.45) is 0.968. The predicted molar refractivity (Wildman–Crippen MR) is 57.1 cm³/mol. The first-order valence-corrected chi connectivity index (χ1v) is 4.47. The van der Waals surface area contributed by atoms with Crippen LogP contribution >= 0.6 is 0 Å². The molecule has 0 aliphatic rings. The monoisotopic (exact) mass is 204 g/mol. The van der Waals surface area contributed by atoms with Crippen molar-refractivity contribution in [1.82, 2.24) is 0 Å². The smallest absolute Gasteiger partial charge is 0.138 e. The molecule has 0 aliphatic carbocycles. The molecule has 0 fully saturated rings. The number of methoxy groups -OCH3 is 2. The molecule has 0 unspecified atom stereocenters. The summed E-state index contributed by atoms with van der Waals surface area (Å²) in [4.78, 5) is 10.1. The molecule has 0 N–H and O–H groups in total. The molecule has 1 aromatic carbocycles. The van der Waals surface area contributed by atoms with Crippen LogP contribution in [0.4, 0.5) is 0 Å². The first kappa shape index (κ1) is 11.1. The van der Waals surface area contributed by atoms with Crippen molar-refractivity contribution >= 4 is 6.29 Å². The van der Waals surface area contributed by atoms with E-state index < -0.39 is 0 Å². The molecule has 15 heavy (non-hydrogen) atoms. The largest absolute Gasteiger partial charge is 0.495 e. The summed E-state index contributed by atoms with van der Waals surface area (Å²) < 4.78 is 10.3. The molecule has 0 amide bonds. The summed E-state index contributed by atoms with van der Waals surface area (Å²) in [5, 5.41) is 0. The summed E-state index contributed by atoms with van der Waals surface area (Å²) in [7, 11) is 3.14. The first-order valence-electron chi connectivity index (χ1n) is 4.47. The number of aldehydes is 1. The van der Waals surface area contributed by atoms with Gasteiger partial charge >= 0.3 is 0 Å². The lowest BCUT2D eigenvalue weighted by atomic mass is 10.1. The standard InChI is InChI=1S/C12H12O3/c1-14-11-7-5-8-12(15-2)10(11)6-3-4-9-13/h5,7-9H,4H2,1-2H3. The van der Waals surface area contributed by atoms with Gasteiger partial charge in [0, 0.05) is 0 Å². The van der Waals surface area contributed by atoms with E-state index >= 15 is 0 Å². The molecule has 0 aromatic heterocycles. The van der Waals surface area contributed by atoms with Crippen LogP contribution < -0.4 is 9.47 Å². The van der Waals surface area contributed by atoms with E-state index in [1.165, 1.54) is 0 Å². The summed E-state index contributed by atoms with van der Waals surface area (Å²) in [6, 6.07) is 5.42. The Balaban J connectivity index is 3.12. The topological polar surface area (TPSA) is 35.5 Å². The van der Waals surface area contributed by atoms with Crippen molar-refractivity contribution in [3.05, 3.63) is 23.8 Å². The lowest BCUT2D eigenvalue weighted by Gasteiger charge is -2.07. The molecule has 3 nitrogen and oxygen atoms in total. The van der Waals surface area contributed by atoms with E-state index in [4.69, 9.17) is 9.47 Å². The third kappa shape index (κ3) is 2.75. The normalized spacial score (nSPS) is 8.67. The Labute approximate surface area is 89.0 Å². The van der Waals surface area contributed by atoms with Gasteiger partial charge in [0.05, 0.1) is 20.6 Å².